The molecule has 1 aliphatic rings. The third kappa shape index (κ3) is 4.24. The van der Waals surface area contributed by atoms with Crippen molar-refractivity contribution in [3.05, 3.63) is 29.3 Å². The summed E-state index contributed by atoms with van der Waals surface area (Å²) in [5, 5.41) is 3.50. The van der Waals surface area contributed by atoms with Gasteiger partial charge >= 0.3 is 0 Å². The molecule has 0 saturated carbocycles. The highest BCUT2D eigenvalue weighted by atomic mass is 15.1. The van der Waals surface area contributed by atoms with Gasteiger partial charge < -0.3 is 10.2 Å². The van der Waals surface area contributed by atoms with E-state index in [0.29, 0.717) is 6.04 Å². The largest absolute Gasteiger partial charge is 0.372 e. The molecule has 1 aromatic carbocycles. The average molecular weight is 274 g/mol. The Labute approximate surface area is 124 Å². The third-order valence-electron chi connectivity index (χ3n) is 4.41. The summed E-state index contributed by atoms with van der Waals surface area (Å²) in [6.07, 6.45) is 4.04. The smallest absolute Gasteiger partial charge is 0.0369 e. The van der Waals surface area contributed by atoms with Crippen LogP contribution in [0.3, 0.4) is 0 Å². The highest BCUT2D eigenvalue weighted by Crippen LogP contribution is 2.24. The molecule has 1 atom stereocenters. The number of nitrogens with one attached hydrogen (secondary N) is 1. The quantitative estimate of drug-likeness (QED) is 0.888. The predicted molar refractivity (Wildman–Crippen MR) is 88.4 cm³/mol. The van der Waals surface area contributed by atoms with Gasteiger partial charge in [0.05, 0.1) is 0 Å². The molecular weight excluding hydrogens is 244 g/mol. The van der Waals surface area contributed by atoms with Crippen molar-refractivity contribution in [2.24, 2.45) is 5.92 Å². The number of anilines is 1. The van der Waals surface area contributed by atoms with Gasteiger partial charge in [0.2, 0.25) is 0 Å². The summed E-state index contributed by atoms with van der Waals surface area (Å²) in [4.78, 5) is 2.57. The zero-order valence-electron chi connectivity index (χ0n) is 13.6. The van der Waals surface area contributed by atoms with Crippen LogP contribution in [0, 0.1) is 12.8 Å². The number of benzene rings is 1. The van der Waals surface area contributed by atoms with Crippen LogP contribution in [-0.2, 0) is 6.54 Å². The van der Waals surface area contributed by atoms with Gasteiger partial charge in [-0.25, -0.2) is 0 Å². The van der Waals surface area contributed by atoms with Crippen molar-refractivity contribution in [1.82, 2.24) is 5.32 Å². The molecule has 1 fully saturated rings. The summed E-state index contributed by atoms with van der Waals surface area (Å²) in [7, 11) is 0. The van der Waals surface area contributed by atoms with Crippen molar-refractivity contribution in [3.8, 4) is 0 Å². The Balaban J connectivity index is 2.04. The van der Waals surface area contributed by atoms with Crippen LogP contribution in [0.4, 0.5) is 5.69 Å². The Morgan fingerprint density at radius 3 is 2.75 bits per heavy atom. The van der Waals surface area contributed by atoms with E-state index in [-0.39, 0.29) is 0 Å². The Bertz CT molecular complexity index is 425. The Morgan fingerprint density at radius 2 is 2.05 bits per heavy atom. The lowest BCUT2D eigenvalue weighted by molar-refractivity contribution is 0.521. The number of rotatable bonds is 4. The Hall–Kier alpha value is -1.02. The summed E-state index contributed by atoms with van der Waals surface area (Å²) in [6, 6.07) is 7.52. The van der Waals surface area contributed by atoms with Gasteiger partial charge in [-0.3, -0.25) is 0 Å². The van der Waals surface area contributed by atoms with Crippen molar-refractivity contribution in [2.75, 3.05) is 18.0 Å². The standard InChI is InChI=1S/C18H30N2/c1-14(2)19-13-17-7-8-18(12-16(17)4)20-10-5-6-15(3)9-11-20/h7-8,12,14-15,19H,5-6,9-11,13H2,1-4H3. The van der Waals surface area contributed by atoms with Crippen LogP contribution >= 0.6 is 0 Å². The fourth-order valence-electron chi connectivity index (χ4n) is 2.91. The maximum atomic E-state index is 3.50. The highest BCUT2D eigenvalue weighted by molar-refractivity contribution is 5.51. The second-order valence-corrected chi connectivity index (χ2v) is 6.67. The van der Waals surface area contributed by atoms with Crippen LogP contribution in [0.1, 0.15) is 51.2 Å². The van der Waals surface area contributed by atoms with Gasteiger partial charge in [0.1, 0.15) is 0 Å². The summed E-state index contributed by atoms with van der Waals surface area (Å²) in [5.41, 5.74) is 4.24. The number of hydrogen-bond donors (Lipinski definition) is 1. The molecule has 1 unspecified atom stereocenters. The summed E-state index contributed by atoms with van der Waals surface area (Å²) < 4.78 is 0. The van der Waals surface area contributed by atoms with Crippen LogP contribution in [0.2, 0.25) is 0 Å². The van der Waals surface area contributed by atoms with E-state index in [9.17, 15) is 0 Å². The molecule has 1 saturated heterocycles. The molecule has 0 radical (unpaired) electrons. The van der Waals surface area contributed by atoms with Gasteiger partial charge in [-0.1, -0.05) is 26.8 Å². The summed E-state index contributed by atoms with van der Waals surface area (Å²) >= 11 is 0. The normalized spacial score (nSPS) is 20.2. The lowest BCUT2D eigenvalue weighted by Gasteiger charge is -2.24. The molecule has 1 heterocycles. The lowest BCUT2D eigenvalue weighted by Crippen LogP contribution is -2.25. The second kappa shape index (κ2) is 7.12. The first-order chi connectivity index (χ1) is 9.56. The number of aryl methyl sites for hydroxylation is 1. The molecule has 1 aromatic rings. The Kier molecular flexibility index (Phi) is 5.47. The zero-order chi connectivity index (χ0) is 14.5. The van der Waals surface area contributed by atoms with Crippen molar-refractivity contribution < 1.29 is 0 Å². The molecule has 1 aliphatic heterocycles. The molecule has 0 aliphatic carbocycles. The van der Waals surface area contributed by atoms with Crippen LogP contribution in [0.15, 0.2) is 18.2 Å². The maximum absolute atomic E-state index is 3.50. The third-order valence-corrected chi connectivity index (χ3v) is 4.41. The van der Waals surface area contributed by atoms with E-state index in [1.807, 2.05) is 0 Å². The minimum absolute atomic E-state index is 0.543. The van der Waals surface area contributed by atoms with E-state index in [1.165, 1.54) is 49.2 Å². The molecule has 0 amide bonds. The number of hydrogen-bond acceptors (Lipinski definition) is 2. The molecule has 1 N–H and O–H groups in total. The average Bonchev–Trinajstić information content (AvgIpc) is 2.62. The topological polar surface area (TPSA) is 15.3 Å². The highest BCUT2D eigenvalue weighted by Gasteiger charge is 2.14. The van der Waals surface area contributed by atoms with Crippen molar-refractivity contribution >= 4 is 5.69 Å². The molecule has 0 aromatic heterocycles. The van der Waals surface area contributed by atoms with Crippen molar-refractivity contribution in [3.63, 3.8) is 0 Å². The maximum Gasteiger partial charge on any atom is 0.0369 e. The monoisotopic (exact) mass is 274 g/mol. The molecule has 0 bridgehead atoms. The van der Waals surface area contributed by atoms with E-state index in [0.717, 1.165) is 12.5 Å². The molecular formula is C18H30N2. The minimum Gasteiger partial charge on any atom is -0.372 e. The molecule has 112 valence electrons. The van der Waals surface area contributed by atoms with E-state index >= 15 is 0 Å². The summed E-state index contributed by atoms with van der Waals surface area (Å²) in [6.45, 7) is 12.4. The molecule has 2 nitrogen and oxygen atoms in total. The first-order valence-corrected chi connectivity index (χ1v) is 8.14. The first-order valence-electron chi connectivity index (χ1n) is 8.14. The van der Waals surface area contributed by atoms with Crippen molar-refractivity contribution in [1.29, 1.82) is 0 Å². The van der Waals surface area contributed by atoms with E-state index < -0.39 is 0 Å². The van der Waals surface area contributed by atoms with Gasteiger partial charge in [0, 0.05) is 31.4 Å². The van der Waals surface area contributed by atoms with Crippen LogP contribution < -0.4 is 10.2 Å². The number of nitrogens with zero attached hydrogens (tertiary/aromatic N) is 1. The molecule has 0 spiro atoms. The van der Waals surface area contributed by atoms with Crippen LogP contribution in [0.5, 0.6) is 0 Å². The van der Waals surface area contributed by atoms with Crippen LogP contribution in [-0.4, -0.2) is 19.1 Å². The molecule has 2 rings (SSSR count). The van der Waals surface area contributed by atoms with Gasteiger partial charge in [-0.15, -0.1) is 0 Å². The van der Waals surface area contributed by atoms with E-state index in [4.69, 9.17) is 0 Å². The predicted octanol–water partition coefficient (Wildman–Crippen LogP) is 4.12. The second-order valence-electron chi connectivity index (χ2n) is 6.67. The van der Waals surface area contributed by atoms with E-state index in [2.05, 4.69) is 56.1 Å². The Morgan fingerprint density at radius 1 is 1.25 bits per heavy atom. The SMILES string of the molecule is Cc1cc(N2CCCC(C)CC2)ccc1CNC(C)C. The first kappa shape index (κ1) is 15.4. The van der Waals surface area contributed by atoms with Gasteiger partial charge in [-0.2, -0.15) is 0 Å². The minimum atomic E-state index is 0.543. The summed E-state index contributed by atoms with van der Waals surface area (Å²) in [5.74, 6) is 0.885. The molecule has 2 heteroatoms. The van der Waals surface area contributed by atoms with Crippen molar-refractivity contribution in [2.45, 2.75) is 59.5 Å². The fraction of sp³-hybridized carbons (Fsp3) is 0.667. The van der Waals surface area contributed by atoms with Gasteiger partial charge in [-0.05, 0) is 55.4 Å². The van der Waals surface area contributed by atoms with Crippen LogP contribution in [0.25, 0.3) is 0 Å². The van der Waals surface area contributed by atoms with Gasteiger partial charge in [0.25, 0.3) is 0 Å². The molecule has 20 heavy (non-hydrogen) atoms. The van der Waals surface area contributed by atoms with Gasteiger partial charge in [0.15, 0.2) is 0 Å². The fourth-order valence-corrected chi connectivity index (χ4v) is 2.91. The van der Waals surface area contributed by atoms with E-state index in [1.54, 1.807) is 0 Å². The lowest BCUT2D eigenvalue weighted by atomic mass is 10.0. The zero-order valence-corrected chi connectivity index (χ0v) is 13.6.